The Morgan fingerprint density at radius 2 is 1.89 bits per heavy atom. The van der Waals surface area contributed by atoms with Crippen LogP contribution in [0.5, 0.6) is 5.75 Å². The fourth-order valence-electron chi connectivity index (χ4n) is 4.12. The standard InChI is InChI=1S/C26H32FN3O5/c1-16-13-30(18(3)31)17(2)15-35-23-12-21(28-25(32)19-7-6-8-20(27)11-19)9-10-22(23)26(33)29(4)14-24(16)34-5/h6-12,16-17,24H,13-15H2,1-5H3,(H,28,32)/t16-,17-,24-/m1/s1. The summed E-state index contributed by atoms with van der Waals surface area (Å²) in [6.07, 6.45) is -0.272. The quantitative estimate of drug-likeness (QED) is 0.720. The van der Waals surface area contributed by atoms with Crippen LogP contribution >= 0.6 is 0 Å². The molecule has 0 aliphatic carbocycles. The number of nitrogens with zero attached hydrogens (tertiary/aromatic N) is 2. The van der Waals surface area contributed by atoms with Crippen LogP contribution in [0.4, 0.5) is 10.1 Å². The van der Waals surface area contributed by atoms with Gasteiger partial charge in [0.2, 0.25) is 5.91 Å². The summed E-state index contributed by atoms with van der Waals surface area (Å²) in [7, 11) is 3.28. The highest BCUT2D eigenvalue weighted by Gasteiger charge is 2.29. The molecule has 2 aromatic carbocycles. The van der Waals surface area contributed by atoms with Crippen molar-refractivity contribution in [2.45, 2.75) is 32.9 Å². The monoisotopic (exact) mass is 485 g/mol. The third-order valence-electron chi connectivity index (χ3n) is 6.20. The molecule has 9 heteroatoms. The number of benzene rings is 2. The van der Waals surface area contributed by atoms with Crippen LogP contribution in [0, 0.1) is 11.7 Å². The number of likely N-dealkylation sites (N-methyl/N-ethyl adjacent to an activating group) is 1. The van der Waals surface area contributed by atoms with Crippen LogP contribution in [0.15, 0.2) is 42.5 Å². The van der Waals surface area contributed by atoms with Crippen LogP contribution in [0.3, 0.4) is 0 Å². The molecular weight excluding hydrogens is 453 g/mol. The Balaban J connectivity index is 1.94. The van der Waals surface area contributed by atoms with Gasteiger partial charge in [-0.2, -0.15) is 0 Å². The van der Waals surface area contributed by atoms with Crippen LogP contribution in [-0.4, -0.2) is 73.5 Å². The zero-order valence-electron chi connectivity index (χ0n) is 20.7. The van der Waals surface area contributed by atoms with Gasteiger partial charge in [-0.3, -0.25) is 14.4 Å². The lowest BCUT2D eigenvalue weighted by molar-refractivity contribution is -0.133. The largest absolute Gasteiger partial charge is 0.491 e. The number of halogens is 1. The van der Waals surface area contributed by atoms with Crippen LogP contribution < -0.4 is 10.1 Å². The maximum Gasteiger partial charge on any atom is 0.257 e. The molecule has 0 aromatic heterocycles. The minimum Gasteiger partial charge on any atom is -0.491 e. The van der Waals surface area contributed by atoms with Crippen molar-refractivity contribution in [1.29, 1.82) is 0 Å². The molecule has 0 radical (unpaired) electrons. The van der Waals surface area contributed by atoms with Gasteiger partial charge in [0, 0.05) is 57.4 Å². The van der Waals surface area contributed by atoms with Gasteiger partial charge in [-0.1, -0.05) is 13.0 Å². The third kappa shape index (κ3) is 6.36. The van der Waals surface area contributed by atoms with Crippen molar-refractivity contribution < 1.29 is 28.2 Å². The molecule has 3 rings (SSSR count). The molecule has 35 heavy (non-hydrogen) atoms. The molecular formula is C26H32FN3O5. The molecule has 0 unspecified atom stereocenters. The molecule has 3 amide bonds. The van der Waals surface area contributed by atoms with E-state index in [9.17, 15) is 18.8 Å². The summed E-state index contributed by atoms with van der Waals surface area (Å²) >= 11 is 0. The maximum atomic E-state index is 13.5. The zero-order valence-corrected chi connectivity index (χ0v) is 20.7. The smallest absolute Gasteiger partial charge is 0.257 e. The molecule has 0 saturated heterocycles. The van der Waals surface area contributed by atoms with Gasteiger partial charge in [0.1, 0.15) is 18.2 Å². The number of hydrogen-bond donors (Lipinski definition) is 1. The molecule has 188 valence electrons. The molecule has 0 saturated carbocycles. The number of rotatable bonds is 3. The number of ether oxygens (including phenoxy) is 2. The fraction of sp³-hybridized carbons (Fsp3) is 0.423. The van der Waals surface area contributed by atoms with Crippen molar-refractivity contribution in [2.24, 2.45) is 5.92 Å². The number of hydrogen-bond acceptors (Lipinski definition) is 5. The number of fused-ring (bicyclic) bond motifs is 1. The maximum absolute atomic E-state index is 13.5. The Bertz CT molecular complexity index is 1090. The lowest BCUT2D eigenvalue weighted by Gasteiger charge is -2.35. The van der Waals surface area contributed by atoms with Crippen molar-refractivity contribution in [3.8, 4) is 5.75 Å². The Morgan fingerprint density at radius 1 is 1.14 bits per heavy atom. The van der Waals surface area contributed by atoms with E-state index < -0.39 is 11.7 Å². The van der Waals surface area contributed by atoms with Crippen molar-refractivity contribution in [1.82, 2.24) is 9.80 Å². The van der Waals surface area contributed by atoms with Crippen molar-refractivity contribution >= 4 is 23.4 Å². The summed E-state index contributed by atoms with van der Waals surface area (Å²) in [4.78, 5) is 41.5. The van der Waals surface area contributed by atoms with E-state index in [2.05, 4.69) is 5.32 Å². The molecule has 0 fully saturated rings. The van der Waals surface area contributed by atoms with Crippen molar-refractivity contribution in [3.05, 3.63) is 59.4 Å². The predicted octanol–water partition coefficient (Wildman–Crippen LogP) is 3.43. The number of amides is 3. The zero-order chi connectivity index (χ0) is 25.7. The summed E-state index contributed by atoms with van der Waals surface area (Å²) < 4.78 is 25.2. The van der Waals surface area contributed by atoms with Gasteiger partial charge in [0.25, 0.3) is 11.8 Å². The molecule has 1 N–H and O–H groups in total. The lowest BCUT2D eigenvalue weighted by Crippen LogP contribution is -2.48. The van der Waals surface area contributed by atoms with E-state index >= 15 is 0 Å². The van der Waals surface area contributed by atoms with E-state index in [1.54, 1.807) is 42.2 Å². The van der Waals surface area contributed by atoms with E-state index in [1.165, 1.54) is 25.1 Å². The van der Waals surface area contributed by atoms with Gasteiger partial charge < -0.3 is 24.6 Å². The molecule has 0 spiro atoms. The summed E-state index contributed by atoms with van der Waals surface area (Å²) in [6.45, 7) is 6.31. The number of anilines is 1. The minimum atomic E-state index is -0.514. The Morgan fingerprint density at radius 3 is 2.54 bits per heavy atom. The fourth-order valence-corrected chi connectivity index (χ4v) is 4.12. The van der Waals surface area contributed by atoms with Gasteiger partial charge in [0.05, 0.1) is 17.7 Å². The summed E-state index contributed by atoms with van der Waals surface area (Å²) in [5.41, 5.74) is 0.876. The molecule has 1 aliphatic heterocycles. The highest BCUT2D eigenvalue weighted by atomic mass is 19.1. The first-order chi connectivity index (χ1) is 16.6. The van der Waals surface area contributed by atoms with Crippen LogP contribution in [0.25, 0.3) is 0 Å². The van der Waals surface area contributed by atoms with Crippen LogP contribution in [-0.2, 0) is 9.53 Å². The second kappa shape index (κ2) is 11.3. The molecule has 2 aromatic rings. The number of methoxy groups -OCH3 is 1. The van der Waals surface area contributed by atoms with Gasteiger partial charge in [0.15, 0.2) is 0 Å². The van der Waals surface area contributed by atoms with E-state index in [1.807, 2.05) is 13.8 Å². The highest BCUT2D eigenvalue weighted by molar-refractivity contribution is 6.05. The average molecular weight is 486 g/mol. The third-order valence-corrected chi connectivity index (χ3v) is 6.20. The summed E-state index contributed by atoms with van der Waals surface area (Å²) in [5.74, 6) is -1.08. The first kappa shape index (κ1) is 26.2. The van der Waals surface area contributed by atoms with E-state index in [0.29, 0.717) is 24.3 Å². The van der Waals surface area contributed by atoms with Gasteiger partial charge in [-0.15, -0.1) is 0 Å². The average Bonchev–Trinajstić information content (AvgIpc) is 2.82. The van der Waals surface area contributed by atoms with Gasteiger partial charge >= 0.3 is 0 Å². The van der Waals surface area contributed by atoms with E-state index in [-0.39, 0.29) is 47.8 Å². The van der Waals surface area contributed by atoms with Gasteiger partial charge in [-0.25, -0.2) is 4.39 Å². The second-order valence-corrected chi connectivity index (χ2v) is 8.94. The molecule has 8 nitrogen and oxygen atoms in total. The Hall–Kier alpha value is -3.46. The Labute approximate surface area is 205 Å². The normalized spacial score (nSPS) is 21.3. The molecule has 1 aliphatic rings. The number of carbonyl (C=O) groups is 3. The Kier molecular flexibility index (Phi) is 8.45. The summed E-state index contributed by atoms with van der Waals surface area (Å²) in [5, 5.41) is 2.71. The topological polar surface area (TPSA) is 88.2 Å². The predicted molar refractivity (Wildman–Crippen MR) is 130 cm³/mol. The first-order valence-electron chi connectivity index (χ1n) is 11.5. The number of nitrogens with one attached hydrogen (secondary N) is 1. The highest BCUT2D eigenvalue weighted by Crippen LogP contribution is 2.27. The van der Waals surface area contributed by atoms with Crippen LogP contribution in [0.1, 0.15) is 41.5 Å². The van der Waals surface area contributed by atoms with Crippen molar-refractivity contribution in [3.63, 3.8) is 0 Å². The molecule has 1 heterocycles. The summed E-state index contributed by atoms with van der Waals surface area (Å²) in [6, 6.07) is 9.84. The van der Waals surface area contributed by atoms with E-state index in [0.717, 1.165) is 6.07 Å². The minimum absolute atomic E-state index is 0.0130. The number of carbonyl (C=O) groups excluding carboxylic acids is 3. The first-order valence-corrected chi connectivity index (χ1v) is 11.5. The second-order valence-electron chi connectivity index (χ2n) is 8.94. The lowest BCUT2D eigenvalue weighted by atomic mass is 10.0. The van der Waals surface area contributed by atoms with Crippen molar-refractivity contribution in [2.75, 3.05) is 39.2 Å². The van der Waals surface area contributed by atoms with Gasteiger partial charge in [-0.05, 0) is 37.3 Å². The molecule has 3 atom stereocenters. The van der Waals surface area contributed by atoms with E-state index in [4.69, 9.17) is 9.47 Å². The SMILES string of the molecule is CO[C@@H]1CN(C)C(=O)c2ccc(NC(=O)c3cccc(F)c3)cc2OC[C@@H](C)N(C(C)=O)C[C@H]1C. The molecule has 0 bridgehead atoms. The van der Waals surface area contributed by atoms with Crippen LogP contribution in [0.2, 0.25) is 0 Å².